The Balaban J connectivity index is 2.31. The number of nitrogens with zero attached hydrogens (tertiary/aromatic N) is 1. The van der Waals surface area contributed by atoms with Crippen molar-refractivity contribution in [2.45, 2.75) is 44.4 Å². The average Bonchev–Trinajstić information content (AvgIpc) is 2.31. The second-order valence-electron chi connectivity index (χ2n) is 5.02. The molecule has 1 nitrogen and oxygen atoms in total. The van der Waals surface area contributed by atoms with Crippen LogP contribution in [0.15, 0.2) is 24.3 Å². The molecular formula is C15H19N. The molecule has 2 rings (SSSR count). The van der Waals surface area contributed by atoms with E-state index in [0.717, 1.165) is 0 Å². The van der Waals surface area contributed by atoms with Crippen LogP contribution in [0.4, 0.5) is 0 Å². The van der Waals surface area contributed by atoms with E-state index in [-0.39, 0.29) is 5.41 Å². The number of benzene rings is 1. The first-order valence-corrected chi connectivity index (χ1v) is 6.17. The van der Waals surface area contributed by atoms with Crippen molar-refractivity contribution < 1.29 is 0 Å². The summed E-state index contributed by atoms with van der Waals surface area (Å²) in [5.41, 5.74) is 2.85. The molecule has 0 spiro atoms. The van der Waals surface area contributed by atoms with E-state index >= 15 is 0 Å². The Labute approximate surface area is 98.3 Å². The Bertz CT molecular complexity index is 377. The zero-order valence-electron chi connectivity index (χ0n) is 10.00. The van der Waals surface area contributed by atoms with Gasteiger partial charge in [0, 0.05) is 0 Å². The third-order valence-corrected chi connectivity index (χ3v) is 3.86. The molecular weight excluding hydrogens is 194 g/mol. The van der Waals surface area contributed by atoms with Crippen molar-refractivity contribution >= 4 is 0 Å². The molecule has 1 aliphatic rings. The Kier molecular flexibility index (Phi) is 3.29. The quantitative estimate of drug-likeness (QED) is 0.651. The highest BCUT2D eigenvalue weighted by atomic mass is 14.7. The average molecular weight is 213 g/mol. The van der Waals surface area contributed by atoms with Gasteiger partial charge in [0.25, 0.3) is 0 Å². The maximum Gasteiger partial charge on any atom is 0.224 e. The Morgan fingerprint density at radius 2 is 1.75 bits per heavy atom. The van der Waals surface area contributed by atoms with Crippen LogP contribution in [0.25, 0.3) is 4.85 Å². The van der Waals surface area contributed by atoms with E-state index in [1.165, 1.54) is 43.2 Å². The Morgan fingerprint density at radius 1 is 1.12 bits per heavy atom. The van der Waals surface area contributed by atoms with Crippen LogP contribution in [0.5, 0.6) is 0 Å². The summed E-state index contributed by atoms with van der Waals surface area (Å²) in [7, 11) is 0. The van der Waals surface area contributed by atoms with E-state index in [1.807, 2.05) is 0 Å². The van der Waals surface area contributed by atoms with Crippen LogP contribution in [-0.4, -0.2) is 6.54 Å². The van der Waals surface area contributed by atoms with Crippen LogP contribution in [-0.2, 0) is 5.41 Å². The van der Waals surface area contributed by atoms with Crippen molar-refractivity contribution in [1.29, 1.82) is 0 Å². The lowest BCUT2D eigenvalue weighted by atomic mass is 9.69. The molecule has 0 atom stereocenters. The molecule has 0 radical (unpaired) electrons. The van der Waals surface area contributed by atoms with Crippen molar-refractivity contribution in [3.05, 3.63) is 46.8 Å². The fourth-order valence-electron chi connectivity index (χ4n) is 2.83. The molecule has 1 aromatic carbocycles. The van der Waals surface area contributed by atoms with E-state index in [9.17, 15) is 0 Å². The largest absolute Gasteiger partial charge is 0.316 e. The molecule has 0 unspecified atom stereocenters. The maximum atomic E-state index is 7.18. The predicted octanol–water partition coefficient (Wildman–Crippen LogP) is 4.12. The minimum atomic E-state index is 0.160. The van der Waals surface area contributed by atoms with E-state index in [4.69, 9.17) is 6.57 Å². The van der Waals surface area contributed by atoms with Crippen LogP contribution in [0, 0.1) is 13.5 Å². The van der Waals surface area contributed by atoms with Gasteiger partial charge in [-0.15, -0.1) is 0 Å². The van der Waals surface area contributed by atoms with Crippen LogP contribution >= 0.6 is 0 Å². The van der Waals surface area contributed by atoms with Crippen molar-refractivity contribution in [3.63, 3.8) is 0 Å². The molecule has 84 valence electrons. The van der Waals surface area contributed by atoms with Crippen LogP contribution in [0.1, 0.15) is 43.2 Å². The van der Waals surface area contributed by atoms with Gasteiger partial charge in [0.1, 0.15) is 0 Å². The van der Waals surface area contributed by atoms with Crippen molar-refractivity contribution in [3.8, 4) is 0 Å². The highest BCUT2D eigenvalue weighted by Crippen LogP contribution is 2.39. The third-order valence-electron chi connectivity index (χ3n) is 3.86. The van der Waals surface area contributed by atoms with Gasteiger partial charge in [-0.05, 0) is 25.3 Å². The molecule has 0 heterocycles. The lowest BCUT2D eigenvalue weighted by molar-refractivity contribution is 0.313. The second-order valence-corrected chi connectivity index (χ2v) is 5.02. The predicted molar refractivity (Wildman–Crippen MR) is 67.4 cm³/mol. The van der Waals surface area contributed by atoms with Gasteiger partial charge in [-0.2, -0.15) is 0 Å². The van der Waals surface area contributed by atoms with E-state index < -0.39 is 0 Å². The topological polar surface area (TPSA) is 4.36 Å². The monoisotopic (exact) mass is 213 g/mol. The summed E-state index contributed by atoms with van der Waals surface area (Å²) < 4.78 is 0. The van der Waals surface area contributed by atoms with Gasteiger partial charge in [0.15, 0.2) is 0 Å². The number of hydrogen-bond donors (Lipinski definition) is 0. The van der Waals surface area contributed by atoms with Crippen molar-refractivity contribution in [2.24, 2.45) is 0 Å². The summed E-state index contributed by atoms with van der Waals surface area (Å²) in [5.74, 6) is 0. The van der Waals surface area contributed by atoms with E-state index in [2.05, 4.69) is 36.0 Å². The van der Waals surface area contributed by atoms with Gasteiger partial charge in [0.05, 0.1) is 5.41 Å². The molecule has 0 saturated heterocycles. The molecule has 0 N–H and O–H groups in total. The second kappa shape index (κ2) is 4.70. The Morgan fingerprint density at radius 3 is 2.31 bits per heavy atom. The molecule has 16 heavy (non-hydrogen) atoms. The first-order chi connectivity index (χ1) is 7.77. The summed E-state index contributed by atoms with van der Waals surface area (Å²) >= 11 is 0. The molecule has 0 bridgehead atoms. The molecule has 1 heteroatoms. The SMILES string of the molecule is [C-]#[N+]CC1(c2ccc(C)cc2)CCCCC1. The standard InChI is InChI=1S/C15H19N/c1-13-6-8-14(9-7-13)15(12-16-2)10-4-3-5-11-15/h6-9H,3-5,10-12H2,1H3. The molecule has 0 amide bonds. The zero-order chi connectivity index (χ0) is 11.4. The van der Waals surface area contributed by atoms with Gasteiger partial charge >= 0.3 is 0 Å². The van der Waals surface area contributed by atoms with E-state index in [0.29, 0.717) is 6.54 Å². The van der Waals surface area contributed by atoms with Gasteiger partial charge in [-0.3, -0.25) is 0 Å². The normalized spacial score (nSPS) is 19.0. The van der Waals surface area contributed by atoms with Crippen LogP contribution in [0.2, 0.25) is 0 Å². The van der Waals surface area contributed by atoms with Crippen molar-refractivity contribution in [2.75, 3.05) is 6.54 Å². The smallest absolute Gasteiger partial charge is 0.224 e. The van der Waals surface area contributed by atoms with Gasteiger partial charge in [0.2, 0.25) is 6.54 Å². The number of aryl methyl sites for hydroxylation is 1. The highest BCUT2D eigenvalue weighted by Gasteiger charge is 2.36. The summed E-state index contributed by atoms with van der Waals surface area (Å²) in [4.78, 5) is 3.68. The first-order valence-electron chi connectivity index (χ1n) is 6.17. The maximum absolute atomic E-state index is 7.18. The zero-order valence-corrected chi connectivity index (χ0v) is 10.00. The fourth-order valence-corrected chi connectivity index (χ4v) is 2.83. The number of rotatable bonds is 2. The Hall–Kier alpha value is -1.29. The number of hydrogen-bond acceptors (Lipinski definition) is 0. The minimum Gasteiger partial charge on any atom is -0.316 e. The van der Waals surface area contributed by atoms with Crippen molar-refractivity contribution in [1.82, 2.24) is 0 Å². The molecule has 1 fully saturated rings. The van der Waals surface area contributed by atoms with Crippen LogP contribution in [0.3, 0.4) is 0 Å². The molecule has 0 aromatic heterocycles. The van der Waals surface area contributed by atoms with Gasteiger partial charge in [-0.1, -0.05) is 49.1 Å². The summed E-state index contributed by atoms with van der Waals surface area (Å²) in [5, 5.41) is 0. The first kappa shape index (κ1) is 11.2. The molecule has 1 saturated carbocycles. The summed E-state index contributed by atoms with van der Waals surface area (Å²) in [6.45, 7) is 9.96. The highest BCUT2D eigenvalue weighted by molar-refractivity contribution is 5.30. The van der Waals surface area contributed by atoms with Gasteiger partial charge < -0.3 is 4.85 Å². The summed E-state index contributed by atoms with van der Waals surface area (Å²) in [6, 6.07) is 8.81. The van der Waals surface area contributed by atoms with Gasteiger partial charge in [-0.25, -0.2) is 6.57 Å². The lowest BCUT2D eigenvalue weighted by Gasteiger charge is -2.33. The lowest BCUT2D eigenvalue weighted by Crippen LogP contribution is -2.31. The summed E-state index contributed by atoms with van der Waals surface area (Å²) in [6.07, 6.45) is 6.29. The van der Waals surface area contributed by atoms with E-state index in [1.54, 1.807) is 0 Å². The third kappa shape index (κ3) is 2.11. The fraction of sp³-hybridized carbons (Fsp3) is 0.533. The molecule has 1 aliphatic carbocycles. The van der Waals surface area contributed by atoms with Crippen LogP contribution < -0.4 is 0 Å². The molecule has 0 aliphatic heterocycles. The molecule has 1 aromatic rings. The minimum absolute atomic E-state index is 0.160.